The Balaban J connectivity index is 1.90. The summed E-state index contributed by atoms with van der Waals surface area (Å²) in [6, 6.07) is 12.0. The van der Waals surface area contributed by atoms with Gasteiger partial charge in [-0.2, -0.15) is 13.2 Å². The molecule has 3 nitrogen and oxygen atoms in total. The lowest BCUT2D eigenvalue weighted by Crippen LogP contribution is -2.31. The van der Waals surface area contributed by atoms with E-state index < -0.39 is 11.7 Å². The van der Waals surface area contributed by atoms with Gasteiger partial charge < -0.3 is 5.32 Å². The van der Waals surface area contributed by atoms with E-state index in [0.29, 0.717) is 11.3 Å². The van der Waals surface area contributed by atoms with Gasteiger partial charge in [-0.25, -0.2) is 0 Å². The summed E-state index contributed by atoms with van der Waals surface area (Å²) in [5, 5.41) is 3.09. The highest BCUT2D eigenvalue weighted by atomic mass is 32.1. The van der Waals surface area contributed by atoms with E-state index in [4.69, 9.17) is 12.2 Å². The molecule has 0 aromatic heterocycles. The monoisotopic (exact) mass is 376 g/mol. The molecule has 134 valence electrons. The van der Waals surface area contributed by atoms with Crippen molar-refractivity contribution in [1.29, 1.82) is 0 Å². The minimum atomic E-state index is -4.39. The molecule has 1 amide bonds. The molecule has 1 aliphatic heterocycles. The summed E-state index contributed by atoms with van der Waals surface area (Å²) in [6.45, 7) is 1.98. The Morgan fingerprint density at radius 1 is 1.12 bits per heavy atom. The van der Waals surface area contributed by atoms with Crippen molar-refractivity contribution in [1.82, 2.24) is 5.32 Å². The van der Waals surface area contributed by atoms with Crippen molar-refractivity contribution >= 4 is 35.0 Å². The van der Waals surface area contributed by atoms with Gasteiger partial charge in [0, 0.05) is 0 Å². The lowest BCUT2D eigenvalue weighted by molar-refractivity contribution is -0.137. The van der Waals surface area contributed by atoms with E-state index in [1.807, 2.05) is 31.2 Å². The summed E-state index contributed by atoms with van der Waals surface area (Å²) in [7, 11) is 0. The molecule has 0 unspecified atom stereocenters. The standard InChI is InChI=1S/C19H15F3N2OS/c1-2-13-5-3-4-6-16(13)24-17(25)15(23-18(24)26)11-12-7-9-14(10-8-12)19(20,21)22/h3-11H,2H2,1H3,(H,23,26)/b15-11+. The van der Waals surface area contributed by atoms with Gasteiger partial charge in [-0.1, -0.05) is 37.3 Å². The largest absolute Gasteiger partial charge is 0.416 e. The van der Waals surface area contributed by atoms with Gasteiger partial charge in [0.05, 0.1) is 11.3 Å². The van der Waals surface area contributed by atoms with Gasteiger partial charge in [0.25, 0.3) is 5.91 Å². The predicted octanol–water partition coefficient (Wildman–Crippen LogP) is 4.53. The molecule has 0 bridgehead atoms. The van der Waals surface area contributed by atoms with E-state index >= 15 is 0 Å². The van der Waals surface area contributed by atoms with Gasteiger partial charge in [0.15, 0.2) is 5.11 Å². The fourth-order valence-corrected chi connectivity index (χ4v) is 3.01. The maximum atomic E-state index is 12.7. The molecule has 26 heavy (non-hydrogen) atoms. The summed E-state index contributed by atoms with van der Waals surface area (Å²) in [6.07, 6.45) is -2.17. The van der Waals surface area contributed by atoms with Crippen LogP contribution in [0.4, 0.5) is 18.9 Å². The third kappa shape index (κ3) is 3.48. The second-order valence-corrected chi connectivity index (χ2v) is 6.12. The van der Waals surface area contributed by atoms with Crippen LogP contribution in [-0.4, -0.2) is 11.0 Å². The quantitative estimate of drug-likeness (QED) is 0.631. The fourth-order valence-electron chi connectivity index (χ4n) is 2.72. The first-order valence-corrected chi connectivity index (χ1v) is 8.34. The SMILES string of the molecule is CCc1ccccc1N1C(=O)/C(=C\c2ccc(C(F)(F)F)cc2)NC1=S. The Labute approximate surface area is 154 Å². The van der Waals surface area contributed by atoms with Crippen molar-refractivity contribution in [3.63, 3.8) is 0 Å². The molecule has 2 aromatic rings. The molecule has 0 atom stereocenters. The first-order valence-electron chi connectivity index (χ1n) is 7.93. The number of nitrogens with one attached hydrogen (secondary N) is 1. The van der Waals surface area contributed by atoms with E-state index in [2.05, 4.69) is 5.32 Å². The van der Waals surface area contributed by atoms with Gasteiger partial charge in [0.2, 0.25) is 0 Å². The topological polar surface area (TPSA) is 32.3 Å². The van der Waals surface area contributed by atoms with Crippen LogP contribution in [0.3, 0.4) is 0 Å². The Bertz CT molecular complexity index is 888. The van der Waals surface area contributed by atoms with Crippen molar-refractivity contribution in [3.8, 4) is 0 Å². The van der Waals surface area contributed by atoms with Crippen LogP contribution in [0.1, 0.15) is 23.6 Å². The second-order valence-electron chi connectivity index (χ2n) is 5.73. The van der Waals surface area contributed by atoms with Crippen LogP contribution in [0, 0.1) is 0 Å². The number of benzene rings is 2. The van der Waals surface area contributed by atoms with Crippen molar-refractivity contribution in [2.75, 3.05) is 4.90 Å². The fraction of sp³-hybridized carbons (Fsp3) is 0.158. The van der Waals surface area contributed by atoms with Gasteiger partial charge in [-0.15, -0.1) is 0 Å². The Morgan fingerprint density at radius 2 is 1.77 bits per heavy atom. The number of para-hydroxylation sites is 1. The Morgan fingerprint density at radius 3 is 2.38 bits per heavy atom. The third-order valence-corrected chi connectivity index (χ3v) is 4.33. The smallest absolute Gasteiger partial charge is 0.327 e. The lowest BCUT2D eigenvalue weighted by Gasteiger charge is -2.17. The van der Waals surface area contributed by atoms with E-state index in [-0.39, 0.29) is 16.7 Å². The van der Waals surface area contributed by atoms with Gasteiger partial charge >= 0.3 is 6.18 Å². The second kappa shape index (κ2) is 6.92. The van der Waals surface area contributed by atoms with E-state index in [9.17, 15) is 18.0 Å². The highest BCUT2D eigenvalue weighted by Crippen LogP contribution is 2.30. The number of halogens is 3. The summed E-state index contributed by atoms with van der Waals surface area (Å²) in [5.74, 6) is -0.337. The number of alkyl halides is 3. The zero-order valence-corrected chi connectivity index (χ0v) is 14.6. The van der Waals surface area contributed by atoms with E-state index in [1.165, 1.54) is 23.1 Å². The minimum Gasteiger partial charge on any atom is -0.327 e. The number of thiocarbonyl (C=S) groups is 1. The molecule has 1 fully saturated rings. The number of hydrogen-bond donors (Lipinski definition) is 1. The maximum absolute atomic E-state index is 12.7. The van der Waals surface area contributed by atoms with E-state index in [1.54, 1.807) is 0 Å². The third-order valence-electron chi connectivity index (χ3n) is 4.04. The van der Waals surface area contributed by atoms with Crippen LogP contribution in [-0.2, 0) is 17.4 Å². The Hall–Kier alpha value is -2.67. The van der Waals surface area contributed by atoms with Crippen molar-refractivity contribution in [3.05, 3.63) is 70.9 Å². The summed E-state index contributed by atoms with van der Waals surface area (Å²) in [4.78, 5) is 14.1. The number of nitrogens with zero attached hydrogens (tertiary/aromatic N) is 1. The highest BCUT2D eigenvalue weighted by Gasteiger charge is 2.33. The molecule has 0 spiro atoms. The molecule has 2 aromatic carbocycles. The van der Waals surface area contributed by atoms with Crippen LogP contribution in [0.2, 0.25) is 0 Å². The minimum absolute atomic E-state index is 0.223. The van der Waals surface area contributed by atoms with E-state index in [0.717, 1.165) is 24.1 Å². The molecule has 1 heterocycles. The number of carbonyl (C=O) groups excluding carboxylic acids is 1. The molecular weight excluding hydrogens is 361 g/mol. The first-order chi connectivity index (χ1) is 12.3. The predicted molar refractivity (Wildman–Crippen MR) is 98.5 cm³/mol. The maximum Gasteiger partial charge on any atom is 0.416 e. The average molecular weight is 376 g/mol. The van der Waals surface area contributed by atoms with Gasteiger partial charge in [0.1, 0.15) is 5.70 Å². The zero-order chi connectivity index (χ0) is 18.9. The number of amides is 1. The number of anilines is 1. The van der Waals surface area contributed by atoms with Gasteiger partial charge in [-0.3, -0.25) is 9.69 Å². The Kier molecular flexibility index (Phi) is 4.82. The molecular formula is C19H15F3N2OS. The van der Waals surface area contributed by atoms with Crippen molar-refractivity contribution < 1.29 is 18.0 Å². The molecule has 0 radical (unpaired) electrons. The molecule has 1 saturated heterocycles. The molecule has 0 aliphatic carbocycles. The highest BCUT2D eigenvalue weighted by molar-refractivity contribution is 7.80. The number of carbonyl (C=O) groups is 1. The molecule has 3 rings (SSSR count). The molecule has 1 N–H and O–H groups in total. The molecule has 7 heteroatoms. The van der Waals surface area contributed by atoms with Crippen LogP contribution >= 0.6 is 12.2 Å². The van der Waals surface area contributed by atoms with Crippen LogP contribution in [0.25, 0.3) is 6.08 Å². The van der Waals surface area contributed by atoms with Crippen LogP contribution in [0.15, 0.2) is 54.2 Å². The summed E-state index contributed by atoms with van der Waals surface area (Å²) >= 11 is 5.27. The number of rotatable bonds is 3. The van der Waals surface area contributed by atoms with Gasteiger partial charge in [-0.05, 0) is 54.0 Å². The van der Waals surface area contributed by atoms with Crippen molar-refractivity contribution in [2.45, 2.75) is 19.5 Å². The lowest BCUT2D eigenvalue weighted by atomic mass is 10.1. The summed E-state index contributed by atoms with van der Waals surface area (Å²) < 4.78 is 37.9. The molecule has 0 saturated carbocycles. The number of aryl methyl sites for hydroxylation is 1. The zero-order valence-electron chi connectivity index (χ0n) is 13.8. The number of hydrogen-bond acceptors (Lipinski definition) is 2. The molecule has 1 aliphatic rings. The van der Waals surface area contributed by atoms with Crippen molar-refractivity contribution in [2.24, 2.45) is 0 Å². The van der Waals surface area contributed by atoms with Crippen LogP contribution < -0.4 is 10.2 Å². The normalized spacial score (nSPS) is 16.3. The van der Waals surface area contributed by atoms with Crippen LogP contribution in [0.5, 0.6) is 0 Å². The first kappa shape index (κ1) is 18.1. The average Bonchev–Trinajstić information content (AvgIpc) is 2.88. The summed E-state index contributed by atoms with van der Waals surface area (Å²) in [5.41, 5.74) is 1.64.